The Bertz CT molecular complexity index is 398. The summed E-state index contributed by atoms with van der Waals surface area (Å²) in [6.45, 7) is 0.787. The highest BCUT2D eigenvalue weighted by atomic mass is 35.5. The summed E-state index contributed by atoms with van der Waals surface area (Å²) in [6, 6.07) is 7.68. The van der Waals surface area contributed by atoms with Crippen LogP contribution in [0.5, 0.6) is 0 Å². The van der Waals surface area contributed by atoms with Gasteiger partial charge in [0.15, 0.2) is 6.10 Å². The summed E-state index contributed by atoms with van der Waals surface area (Å²) in [6.07, 6.45) is 1.07. The first-order chi connectivity index (χ1) is 7.33. The number of halogens is 1. The molecule has 3 rings (SSSR count). The normalized spacial score (nSPS) is 28.5. The van der Waals surface area contributed by atoms with Gasteiger partial charge >= 0.3 is 0 Å². The predicted molar refractivity (Wildman–Crippen MR) is 57.1 cm³/mol. The van der Waals surface area contributed by atoms with Gasteiger partial charge in [0, 0.05) is 11.4 Å². The van der Waals surface area contributed by atoms with Crippen molar-refractivity contribution in [3.8, 4) is 0 Å². The molecular weight excluding hydrogens is 214 g/mol. The van der Waals surface area contributed by atoms with Crippen LogP contribution in [0.25, 0.3) is 0 Å². The van der Waals surface area contributed by atoms with E-state index in [1.54, 1.807) is 0 Å². The molecule has 1 aromatic carbocycles. The monoisotopic (exact) mass is 223 g/mol. The van der Waals surface area contributed by atoms with Crippen LogP contribution in [-0.4, -0.2) is 18.4 Å². The Morgan fingerprint density at radius 2 is 1.93 bits per heavy atom. The fourth-order valence-electron chi connectivity index (χ4n) is 1.68. The van der Waals surface area contributed by atoms with Gasteiger partial charge in [-0.15, -0.1) is 0 Å². The Kier molecular flexibility index (Phi) is 2.15. The third-order valence-electron chi connectivity index (χ3n) is 2.64. The average molecular weight is 224 g/mol. The van der Waals surface area contributed by atoms with Crippen LogP contribution in [0.2, 0.25) is 5.02 Å². The van der Waals surface area contributed by atoms with Crippen molar-refractivity contribution in [3.05, 3.63) is 34.9 Å². The van der Waals surface area contributed by atoms with Crippen molar-refractivity contribution in [2.45, 2.75) is 18.6 Å². The number of hydrogen-bond acceptors (Lipinski definition) is 3. The van der Waals surface area contributed by atoms with Gasteiger partial charge in [-0.2, -0.15) is 0 Å². The number of rotatable bonds is 2. The topological polar surface area (TPSA) is 34.1 Å². The zero-order valence-electron chi connectivity index (χ0n) is 8.02. The molecule has 78 valence electrons. The SMILES string of the molecule is Clc1ccc([C@@H]2CC([C@@H]3CO3)=NO2)cc1. The molecule has 0 unspecified atom stereocenters. The Morgan fingerprint density at radius 1 is 1.20 bits per heavy atom. The number of epoxide rings is 1. The number of benzene rings is 1. The lowest BCUT2D eigenvalue weighted by Crippen LogP contribution is -2.05. The molecule has 0 aliphatic carbocycles. The summed E-state index contributed by atoms with van der Waals surface area (Å²) in [5.41, 5.74) is 2.13. The second kappa shape index (κ2) is 3.51. The third kappa shape index (κ3) is 1.85. The molecule has 1 fully saturated rings. The molecular formula is C11H10ClNO2. The number of ether oxygens (including phenoxy) is 1. The minimum Gasteiger partial charge on any atom is -0.387 e. The molecule has 2 heterocycles. The van der Waals surface area contributed by atoms with Gasteiger partial charge in [-0.3, -0.25) is 0 Å². The zero-order valence-corrected chi connectivity index (χ0v) is 8.78. The van der Waals surface area contributed by atoms with Gasteiger partial charge in [0.1, 0.15) is 6.10 Å². The van der Waals surface area contributed by atoms with E-state index in [4.69, 9.17) is 21.2 Å². The van der Waals surface area contributed by atoms with Crippen molar-refractivity contribution in [1.29, 1.82) is 0 Å². The van der Waals surface area contributed by atoms with E-state index >= 15 is 0 Å². The molecule has 0 saturated carbocycles. The second-order valence-electron chi connectivity index (χ2n) is 3.75. The minimum absolute atomic E-state index is 0.0291. The lowest BCUT2D eigenvalue weighted by Gasteiger charge is -2.07. The lowest BCUT2D eigenvalue weighted by atomic mass is 10.0. The molecule has 2 aliphatic rings. The molecule has 0 aromatic heterocycles. The highest BCUT2D eigenvalue weighted by Gasteiger charge is 2.35. The standard InChI is InChI=1S/C11H10ClNO2/c12-8-3-1-7(2-4-8)10-5-9(13-15-10)11-6-14-11/h1-4,10-11H,5-6H2/t10-,11-/m0/s1. The lowest BCUT2D eigenvalue weighted by molar-refractivity contribution is 0.0857. The van der Waals surface area contributed by atoms with Crippen molar-refractivity contribution in [2.24, 2.45) is 5.16 Å². The highest BCUT2D eigenvalue weighted by Crippen LogP contribution is 2.31. The van der Waals surface area contributed by atoms with E-state index in [0.29, 0.717) is 0 Å². The molecule has 0 bridgehead atoms. The van der Waals surface area contributed by atoms with Crippen molar-refractivity contribution in [3.63, 3.8) is 0 Å². The van der Waals surface area contributed by atoms with Gasteiger partial charge in [0.2, 0.25) is 0 Å². The summed E-state index contributed by atoms with van der Waals surface area (Å²) in [5.74, 6) is 0. The van der Waals surface area contributed by atoms with E-state index in [1.165, 1.54) is 0 Å². The largest absolute Gasteiger partial charge is 0.387 e. The Labute approximate surface area is 92.6 Å². The molecule has 0 radical (unpaired) electrons. The van der Waals surface area contributed by atoms with E-state index in [-0.39, 0.29) is 12.2 Å². The molecule has 0 spiro atoms. The summed E-state index contributed by atoms with van der Waals surface area (Å²) in [7, 11) is 0. The van der Waals surface area contributed by atoms with Gasteiger partial charge in [0.05, 0.1) is 12.3 Å². The van der Waals surface area contributed by atoms with E-state index in [0.717, 1.165) is 29.3 Å². The molecule has 0 amide bonds. The van der Waals surface area contributed by atoms with E-state index in [2.05, 4.69) is 5.16 Å². The van der Waals surface area contributed by atoms with Gasteiger partial charge in [-0.05, 0) is 17.7 Å². The molecule has 0 N–H and O–H groups in total. The maximum Gasteiger partial charge on any atom is 0.158 e. The van der Waals surface area contributed by atoms with E-state index in [9.17, 15) is 0 Å². The molecule has 3 nitrogen and oxygen atoms in total. The first-order valence-electron chi connectivity index (χ1n) is 4.92. The Morgan fingerprint density at radius 3 is 2.60 bits per heavy atom. The first kappa shape index (κ1) is 9.19. The molecule has 15 heavy (non-hydrogen) atoms. The number of nitrogens with zero attached hydrogens (tertiary/aromatic N) is 1. The van der Waals surface area contributed by atoms with Crippen LogP contribution in [0.1, 0.15) is 18.1 Å². The zero-order chi connectivity index (χ0) is 10.3. The average Bonchev–Trinajstić information content (AvgIpc) is 2.99. The van der Waals surface area contributed by atoms with E-state index in [1.807, 2.05) is 24.3 Å². The van der Waals surface area contributed by atoms with Gasteiger partial charge in [0.25, 0.3) is 0 Å². The Hall–Kier alpha value is -1.06. The van der Waals surface area contributed by atoms with Crippen LogP contribution >= 0.6 is 11.6 Å². The van der Waals surface area contributed by atoms with Crippen LogP contribution in [0, 0.1) is 0 Å². The maximum absolute atomic E-state index is 5.82. The second-order valence-corrected chi connectivity index (χ2v) is 4.19. The quantitative estimate of drug-likeness (QED) is 0.723. The van der Waals surface area contributed by atoms with Crippen LogP contribution < -0.4 is 0 Å². The fourth-order valence-corrected chi connectivity index (χ4v) is 1.81. The summed E-state index contributed by atoms with van der Waals surface area (Å²) in [5, 5.41) is 4.78. The van der Waals surface area contributed by atoms with Crippen LogP contribution in [0.4, 0.5) is 0 Å². The summed E-state index contributed by atoms with van der Waals surface area (Å²) >= 11 is 5.82. The highest BCUT2D eigenvalue weighted by molar-refractivity contribution is 6.30. The van der Waals surface area contributed by atoms with Gasteiger partial charge in [-0.25, -0.2) is 0 Å². The van der Waals surface area contributed by atoms with Crippen LogP contribution in [0.15, 0.2) is 29.4 Å². The summed E-state index contributed by atoms with van der Waals surface area (Å²) in [4.78, 5) is 5.36. The van der Waals surface area contributed by atoms with Crippen molar-refractivity contribution in [2.75, 3.05) is 6.61 Å². The molecule has 1 aromatic rings. The molecule has 2 aliphatic heterocycles. The maximum atomic E-state index is 5.82. The number of oxime groups is 1. The number of hydrogen-bond donors (Lipinski definition) is 0. The molecule has 4 heteroatoms. The third-order valence-corrected chi connectivity index (χ3v) is 2.89. The first-order valence-corrected chi connectivity index (χ1v) is 5.30. The molecule has 2 atom stereocenters. The van der Waals surface area contributed by atoms with Crippen molar-refractivity contribution >= 4 is 17.3 Å². The van der Waals surface area contributed by atoms with E-state index < -0.39 is 0 Å². The minimum atomic E-state index is 0.0291. The smallest absolute Gasteiger partial charge is 0.158 e. The van der Waals surface area contributed by atoms with Crippen molar-refractivity contribution < 1.29 is 9.57 Å². The fraction of sp³-hybridized carbons (Fsp3) is 0.364. The summed E-state index contributed by atoms with van der Waals surface area (Å²) < 4.78 is 5.16. The van der Waals surface area contributed by atoms with Crippen LogP contribution in [-0.2, 0) is 9.57 Å². The van der Waals surface area contributed by atoms with Crippen LogP contribution in [0.3, 0.4) is 0 Å². The van der Waals surface area contributed by atoms with Crippen molar-refractivity contribution in [1.82, 2.24) is 0 Å². The van der Waals surface area contributed by atoms with Gasteiger partial charge < -0.3 is 9.57 Å². The molecule has 1 saturated heterocycles. The predicted octanol–water partition coefficient (Wildman–Crippen LogP) is 2.56. The Balaban J connectivity index is 1.72. The van der Waals surface area contributed by atoms with Gasteiger partial charge in [-0.1, -0.05) is 28.9 Å².